The molecule has 0 aromatic rings. The number of nitrogens with two attached hydrogens (primary N) is 1. The Hall–Kier alpha value is -1.14. The highest BCUT2D eigenvalue weighted by Gasteiger charge is 2.24. The summed E-state index contributed by atoms with van der Waals surface area (Å²) in [6.45, 7) is 2.98. The third-order valence-corrected chi connectivity index (χ3v) is 1.59. The van der Waals surface area contributed by atoms with Crippen molar-refractivity contribution in [1.29, 1.82) is 0 Å². The third kappa shape index (κ3) is 4.78. The molecule has 0 bridgehead atoms. The standard InChI is InChI=1S/C8H16N2O4/c1-8(2,4-11)10-7(14)5(9)3-6(12)13/h5,11H,3-4,9H2,1-2H3,(H,10,14)(H,12,13)/t5-/m0/s1. The molecule has 82 valence electrons. The average Bonchev–Trinajstić information content (AvgIpc) is 2.02. The Morgan fingerprint density at radius 1 is 1.50 bits per heavy atom. The lowest BCUT2D eigenvalue weighted by atomic mass is 10.1. The van der Waals surface area contributed by atoms with Crippen molar-refractivity contribution in [2.24, 2.45) is 5.73 Å². The molecule has 0 spiro atoms. The van der Waals surface area contributed by atoms with Gasteiger partial charge >= 0.3 is 5.97 Å². The lowest BCUT2D eigenvalue weighted by Gasteiger charge is -2.25. The molecule has 0 fully saturated rings. The van der Waals surface area contributed by atoms with E-state index in [4.69, 9.17) is 15.9 Å². The molecule has 0 unspecified atom stereocenters. The van der Waals surface area contributed by atoms with Crippen LogP contribution in [-0.4, -0.2) is 40.3 Å². The van der Waals surface area contributed by atoms with Gasteiger partial charge in [0, 0.05) is 0 Å². The number of aliphatic hydroxyl groups is 1. The second-order valence-corrected chi connectivity index (χ2v) is 3.74. The molecule has 0 aromatic carbocycles. The molecule has 0 heterocycles. The summed E-state index contributed by atoms with van der Waals surface area (Å²) >= 11 is 0. The van der Waals surface area contributed by atoms with Gasteiger partial charge in [0.2, 0.25) is 5.91 Å². The molecule has 5 N–H and O–H groups in total. The summed E-state index contributed by atoms with van der Waals surface area (Å²) < 4.78 is 0. The summed E-state index contributed by atoms with van der Waals surface area (Å²) in [5.74, 6) is -1.71. The number of carbonyl (C=O) groups is 2. The van der Waals surface area contributed by atoms with E-state index >= 15 is 0 Å². The van der Waals surface area contributed by atoms with Crippen molar-refractivity contribution in [2.75, 3.05) is 6.61 Å². The van der Waals surface area contributed by atoms with Crippen LogP contribution in [0.2, 0.25) is 0 Å². The first kappa shape index (κ1) is 12.9. The Labute approximate surface area is 82.1 Å². The van der Waals surface area contributed by atoms with Crippen molar-refractivity contribution >= 4 is 11.9 Å². The predicted octanol–water partition coefficient (Wildman–Crippen LogP) is -1.32. The minimum atomic E-state index is -1.13. The molecule has 6 heteroatoms. The van der Waals surface area contributed by atoms with Gasteiger partial charge in [-0.2, -0.15) is 0 Å². The van der Waals surface area contributed by atoms with Gasteiger partial charge in [0.1, 0.15) is 0 Å². The molecule has 14 heavy (non-hydrogen) atoms. The van der Waals surface area contributed by atoms with E-state index in [1.54, 1.807) is 13.8 Å². The maximum atomic E-state index is 11.2. The number of rotatable bonds is 5. The Bertz CT molecular complexity index is 227. The first-order valence-electron chi connectivity index (χ1n) is 4.19. The van der Waals surface area contributed by atoms with Gasteiger partial charge in [-0.15, -0.1) is 0 Å². The van der Waals surface area contributed by atoms with Crippen LogP contribution in [0.1, 0.15) is 20.3 Å². The second kappa shape index (κ2) is 4.92. The zero-order chi connectivity index (χ0) is 11.4. The van der Waals surface area contributed by atoms with E-state index in [1.807, 2.05) is 0 Å². The molecule has 0 aromatic heterocycles. The van der Waals surface area contributed by atoms with Crippen molar-refractivity contribution < 1.29 is 19.8 Å². The first-order chi connectivity index (χ1) is 6.28. The van der Waals surface area contributed by atoms with Crippen LogP contribution in [0.3, 0.4) is 0 Å². The molecule has 0 aliphatic rings. The summed E-state index contributed by atoms with van der Waals surface area (Å²) in [7, 11) is 0. The van der Waals surface area contributed by atoms with Gasteiger partial charge in [-0.3, -0.25) is 9.59 Å². The minimum Gasteiger partial charge on any atom is -0.481 e. The molecule has 0 radical (unpaired) electrons. The van der Waals surface area contributed by atoms with Crippen LogP contribution in [0, 0.1) is 0 Å². The van der Waals surface area contributed by atoms with Crippen molar-refractivity contribution in [3.05, 3.63) is 0 Å². The Kier molecular flexibility index (Phi) is 4.52. The number of aliphatic carboxylic acids is 1. The Morgan fingerprint density at radius 2 is 2.00 bits per heavy atom. The van der Waals surface area contributed by atoms with E-state index < -0.39 is 29.9 Å². The van der Waals surface area contributed by atoms with Gasteiger partial charge < -0.3 is 21.3 Å². The van der Waals surface area contributed by atoms with Crippen molar-refractivity contribution in [3.8, 4) is 0 Å². The molecule has 0 saturated heterocycles. The van der Waals surface area contributed by atoms with Crippen LogP contribution >= 0.6 is 0 Å². The van der Waals surface area contributed by atoms with Gasteiger partial charge in [-0.1, -0.05) is 0 Å². The number of nitrogens with one attached hydrogen (secondary N) is 1. The van der Waals surface area contributed by atoms with E-state index in [9.17, 15) is 9.59 Å². The smallest absolute Gasteiger partial charge is 0.305 e. The quantitative estimate of drug-likeness (QED) is 0.443. The van der Waals surface area contributed by atoms with Crippen LogP contribution in [0.25, 0.3) is 0 Å². The number of amides is 1. The van der Waals surface area contributed by atoms with Crippen LogP contribution in [0.5, 0.6) is 0 Å². The second-order valence-electron chi connectivity index (χ2n) is 3.74. The fourth-order valence-electron chi connectivity index (χ4n) is 0.747. The fraction of sp³-hybridized carbons (Fsp3) is 0.750. The SMILES string of the molecule is CC(C)(CO)NC(=O)[C@@H](N)CC(=O)O. The predicted molar refractivity (Wildman–Crippen MR) is 49.5 cm³/mol. The highest BCUT2D eigenvalue weighted by atomic mass is 16.4. The highest BCUT2D eigenvalue weighted by molar-refractivity contribution is 5.86. The lowest BCUT2D eigenvalue weighted by molar-refractivity contribution is -0.139. The summed E-state index contributed by atoms with van der Waals surface area (Å²) in [4.78, 5) is 21.5. The first-order valence-corrected chi connectivity index (χ1v) is 4.19. The highest BCUT2D eigenvalue weighted by Crippen LogP contribution is 2.00. The van der Waals surface area contributed by atoms with Crippen LogP contribution in [0.4, 0.5) is 0 Å². The summed E-state index contributed by atoms with van der Waals surface area (Å²) in [6, 6.07) is -1.08. The molecule has 6 nitrogen and oxygen atoms in total. The van der Waals surface area contributed by atoms with E-state index in [-0.39, 0.29) is 6.61 Å². The van der Waals surface area contributed by atoms with Crippen LogP contribution in [-0.2, 0) is 9.59 Å². The van der Waals surface area contributed by atoms with E-state index in [1.165, 1.54) is 0 Å². The molecule has 0 rings (SSSR count). The molecule has 1 amide bonds. The third-order valence-electron chi connectivity index (χ3n) is 1.59. The molecular formula is C8H16N2O4. The molecular weight excluding hydrogens is 188 g/mol. The summed E-state index contributed by atoms with van der Waals surface area (Å²) in [5, 5.41) is 19.6. The number of carboxylic acid groups (broad SMARTS) is 1. The van der Waals surface area contributed by atoms with Gasteiger partial charge in [0.15, 0.2) is 0 Å². The Balaban J connectivity index is 4.14. The maximum absolute atomic E-state index is 11.2. The number of carbonyl (C=O) groups excluding carboxylic acids is 1. The van der Waals surface area contributed by atoms with E-state index in [0.717, 1.165) is 0 Å². The van der Waals surface area contributed by atoms with Crippen LogP contribution in [0.15, 0.2) is 0 Å². The van der Waals surface area contributed by atoms with Crippen molar-refractivity contribution in [2.45, 2.75) is 31.8 Å². The van der Waals surface area contributed by atoms with Crippen molar-refractivity contribution in [3.63, 3.8) is 0 Å². The maximum Gasteiger partial charge on any atom is 0.305 e. The van der Waals surface area contributed by atoms with Crippen LogP contribution < -0.4 is 11.1 Å². The number of carboxylic acids is 1. The summed E-state index contributed by atoms with van der Waals surface area (Å²) in [5.41, 5.74) is 4.52. The minimum absolute atomic E-state index is 0.238. The largest absolute Gasteiger partial charge is 0.481 e. The molecule has 1 atom stereocenters. The lowest BCUT2D eigenvalue weighted by Crippen LogP contribution is -2.52. The topological polar surface area (TPSA) is 113 Å². The average molecular weight is 204 g/mol. The van der Waals surface area contributed by atoms with E-state index in [2.05, 4.69) is 5.32 Å². The number of hydrogen-bond acceptors (Lipinski definition) is 4. The van der Waals surface area contributed by atoms with Crippen molar-refractivity contribution in [1.82, 2.24) is 5.32 Å². The summed E-state index contributed by atoms with van der Waals surface area (Å²) in [6.07, 6.45) is -0.423. The number of aliphatic hydroxyl groups excluding tert-OH is 1. The normalized spacial score (nSPS) is 13.4. The fourth-order valence-corrected chi connectivity index (χ4v) is 0.747. The number of hydrogen-bond donors (Lipinski definition) is 4. The zero-order valence-electron chi connectivity index (χ0n) is 8.28. The van der Waals surface area contributed by atoms with Gasteiger partial charge in [0.05, 0.1) is 24.6 Å². The van der Waals surface area contributed by atoms with Gasteiger partial charge in [-0.05, 0) is 13.8 Å². The monoisotopic (exact) mass is 204 g/mol. The van der Waals surface area contributed by atoms with Gasteiger partial charge in [0.25, 0.3) is 0 Å². The molecule has 0 aliphatic heterocycles. The Morgan fingerprint density at radius 3 is 2.36 bits per heavy atom. The van der Waals surface area contributed by atoms with Gasteiger partial charge in [-0.25, -0.2) is 0 Å². The zero-order valence-corrected chi connectivity index (χ0v) is 8.28. The molecule has 0 aliphatic carbocycles. The van der Waals surface area contributed by atoms with E-state index in [0.29, 0.717) is 0 Å². The molecule has 0 saturated carbocycles.